The van der Waals surface area contributed by atoms with Crippen LogP contribution in [0.3, 0.4) is 0 Å². The van der Waals surface area contributed by atoms with E-state index in [0.717, 1.165) is 0 Å². The van der Waals surface area contributed by atoms with Gasteiger partial charge in [-0.15, -0.1) is 0 Å². The topological polar surface area (TPSA) is 12.0 Å². The molecule has 0 amide bonds. The Kier molecular flexibility index (Phi) is 3.87. The van der Waals surface area contributed by atoms with Crippen molar-refractivity contribution < 1.29 is 0 Å². The lowest BCUT2D eigenvalue weighted by atomic mass is 9.60. The van der Waals surface area contributed by atoms with Crippen LogP contribution in [0.15, 0.2) is 35.4 Å². The normalized spacial score (nSPS) is 26.5. The zero-order valence-corrected chi connectivity index (χ0v) is 14.9. The molecule has 0 spiro atoms. The van der Waals surface area contributed by atoms with Gasteiger partial charge in [0.05, 0.1) is 0 Å². The molecule has 1 aromatic rings. The van der Waals surface area contributed by atoms with Crippen LogP contribution in [0.5, 0.6) is 0 Å². The zero-order chi connectivity index (χ0) is 16.0. The van der Waals surface area contributed by atoms with E-state index < -0.39 is 0 Å². The van der Waals surface area contributed by atoms with Gasteiger partial charge in [-0.1, -0.05) is 51.0 Å². The molecule has 1 N–H and O–H groups in total. The third-order valence-electron chi connectivity index (χ3n) is 5.91. The Labute approximate surface area is 136 Å². The number of rotatable bonds is 2. The van der Waals surface area contributed by atoms with Gasteiger partial charge in [0.15, 0.2) is 0 Å². The summed E-state index contributed by atoms with van der Waals surface area (Å²) in [5.74, 6) is 0. The first-order chi connectivity index (χ1) is 10.3. The van der Waals surface area contributed by atoms with Crippen molar-refractivity contribution in [1.82, 2.24) is 0 Å². The first-order valence-electron chi connectivity index (χ1n) is 8.82. The Morgan fingerprint density at radius 3 is 2.64 bits per heavy atom. The van der Waals surface area contributed by atoms with E-state index in [1.54, 1.807) is 11.1 Å². The van der Waals surface area contributed by atoms with Crippen LogP contribution < -0.4 is 5.32 Å². The van der Waals surface area contributed by atoms with Gasteiger partial charge in [-0.25, -0.2) is 0 Å². The molecule has 1 aromatic carbocycles. The van der Waals surface area contributed by atoms with Crippen molar-refractivity contribution in [1.29, 1.82) is 0 Å². The van der Waals surface area contributed by atoms with Gasteiger partial charge in [-0.05, 0) is 67.6 Å². The van der Waals surface area contributed by atoms with E-state index in [0.29, 0.717) is 16.9 Å². The summed E-state index contributed by atoms with van der Waals surface area (Å²) in [6, 6.07) is 9.34. The minimum Gasteiger partial charge on any atom is -0.381 e. The molecule has 1 heteroatoms. The number of aryl methyl sites for hydroxylation is 1. The Morgan fingerprint density at radius 1 is 1.14 bits per heavy atom. The minimum atomic E-state index is 0.317. The quantitative estimate of drug-likeness (QED) is 0.650. The minimum absolute atomic E-state index is 0.317. The number of hydrogen-bond donors (Lipinski definition) is 1. The Morgan fingerprint density at radius 2 is 1.91 bits per heavy atom. The summed E-state index contributed by atoms with van der Waals surface area (Å²) in [5, 5.41) is 3.84. The third-order valence-corrected chi connectivity index (χ3v) is 5.91. The summed E-state index contributed by atoms with van der Waals surface area (Å²) in [6.07, 6.45) is 6.51. The van der Waals surface area contributed by atoms with Crippen LogP contribution in [-0.4, -0.2) is 6.04 Å². The average Bonchev–Trinajstić information content (AvgIpc) is 2.40. The molecule has 0 bridgehead atoms. The first-order valence-corrected chi connectivity index (χ1v) is 8.82. The monoisotopic (exact) mass is 297 g/mol. The third kappa shape index (κ3) is 2.95. The van der Waals surface area contributed by atoms with Crippen LogP contribution in [0.4, 0.5) is 5.69 Å². The second-order valence-electron chi connectivity index (χ2n) is 8.76. The maximum Gasteiger partial charge on any atom is 0.0352 e. The summed E-state index contributed by atoms with van der Waals surface area (Å²) >= 11 is 0. The van der Waals surface area contributed by atoms with Crippen molar-refractivity contribution in [2.45, 2.75) is 72.8 Å². The van der Waals surface area contributed by atoms with E-state index in [-0.39, 0.29) is 0 Å². The van der Waals surface area contributed by atoms with Crippen molar-refractivity contribution in [3.05, 3.63) is 41.0 Å². The molecule has 0 unspecified atom stereocenters. The second-order valence-corrected chi connectivity index (χ2v) is 8.76. The molecule has 120 valence electrons. The predicted molar refractivity (Wildman–Crippen MR) is 96.3 cm³/mol. The van der Waals surface area contributed by atoms with Crippen molar-refractivity contribution >= 4 is 5.69 Å². The number of anilines is 1. The molecule has 22 heavy (non-hydrogen) atoms. The van der Waals surface area contributed by atoms with Gasteiger partial charge < -0.3 is 5.32 Å². The van der Waals surface area contributed by atoms with Gasteiger partial charge in [0.25, 0.3) is 0 Å². The molecule has 0 saturated carbocycles. The molecule has 2 aliphatic rings. The molecule has 1 nitrogen and oxygen atoms in total. The Bertz CT molecular complexity index is 592. The van der Waals surface area contributed by atoms with Crippen molar-refractivity contribution in [2.75, 3.05) is 5.32 Å². The van der Waals surface area contributed by atoms with Gasteiger partial charge in [0.1, 0.15) is 0 Å². The summed E-state index contributed by atoms with van der Waals surface area (Å²) in [5.41, 5.74) is 6.86. The average molecular weight is 297 g/mol. The molecular weight excluding hydrogens is 266 g/mol. The summed E-state index contributed by atoms with van der Waals surface area (Å²) < 4.78 is 0. The molecule has 0 saturated heterocycles. The molecule has 0 fully saturated rings. The van der Waals surface area contributed by atoms with Gasteiger partial charge in [-0.2, -0.15) is 0 Å². The summed E-state index contributed by atoms with van der Waals surface area (Å²) in [4.78, 5) is 0. The van der Waals surface area contributed by atoms with Gasteiger partial charge in [0.2, 0.25) is 0 Å². The second kappa shape index (κ2) is 5.44. The van der Waals surface area contributed by atoms with Crippen LogP contribution in [0.2, 0.25) is 0 Å². The van der Waals surface area contributed by atoms with Crippen LogP contribution in [-0.2, 0) is 0 Å². The maximum absolute atomic E-state index is 3.84. The lowest BCUT2D eigenvalue weighted by Crippen LogP contribution is -2.43. The number of nitrogens with one attached hydrogen (secondary N) is 1. The van der Waals surface area contributed by atoms with Crippen molar-refractivity contribution in [2.24, 2.45) is 10.8 Å². The van der Waals surface area contributed by atoms with E-state index in [4.69, 9.17) is 0 Å². The van der Waals surface area contributed by atoms with Gasteiger partial charge in [0, 0.05) is 11.7 Å². The smallest absolute Gasteiger partial charge is 0.0352 e. The number of hydrogen-bond acceptors (Lipinski definition) is 1. The van der Waals surface area contributed by atoms with Crippen LogP contribution in [0.25, 0.3) is 0 Å². The Balaban J connectivity index is 1.86. The predicted octanol–water partition coefficient (Wildman–Crippen LogP) is 6.10. The zero-order valence-electron chi connectivity index (χ0n) is 14.9. The highest BCUT2D eigenvalue weighted by atomic mass is 14.9. The highest BCUT2D eigenvalue weighted by Gasteiger charge is 2.41. The molecule has 2 aliphatic carbocycles. The van der Waals surface area contributed by atoms with Gasteiger partial charge in [-0.3, -0.25) is 0 Å². The molecule has 0 aromatic heterocycles. The summed E-state index contributed by atoms with van der Waals surface area (Å²) in [7, 11) is 0. The van der Waals surface area contributed by atoms with E-state index >= 15 is 0 Å². The lowest BCUT2D eigenvalue weighted by Gasteiger charge is -2.48. The standard InChI is InChI=1S/C21H31N/c1-15-8-6-10-17(12-15)22-19-13-16-9-7-11-20(2,3)18(16)14-21(19,4)5/h6,8,10,12,19,22H,7,9,11,13-14H2,1-5H3/t19-/m0/s1. The first kappa shape index (κ1) is 15.6. The van der Waals surface area contributed by atoms with Crippen LogP contribution in [0, 0.1) is 17.8 Å². The fourth-order valence-electron chi connectivity index (χ4n) is 4.40. The maximum atomic E-state index is 3.84. The molecule has 0 heterocycles. The van der Waals surface area contributed by atoms with Crippen molar-refractivity contribution in [3.8, 4) is 0 Å². The van der Waals surface area contributed by atoms with Crippen molar-refractivity contribution in [3.63, 3.8) is 0 Å². The van der Waals surface area contributed by atoms with E-state index in [1.807, 2.05) is 0 Å². The van der Waals surface area contributed by atoms with E-state index in [2.05, 4.69) is 64.2 Å². The van der Waals surface area contributed by atoms with Crippen LogP contribution in [0.1, 0.15) is 65.4 Å². The van der Waals surface area contributed by atoms with E-state index in [1.165, 1.54) is 43.4 Å². The van der Waals surface area contributed by atoms with E-state index in [9.17, 15) is 0 Å². The highest BCUT2D eigenvalue weighted by molar-refractivity contribution is 5.48. The largest absolute Gasteiger partial charge is 0.381 e. The molecule has 0 radical (unpaired) electrons. The molecule has 3 rings (SSSR count). The highest BCUT2D eigenvalue weighted by Crippen LogP contribution is 2.51. The number of allylic oxidation sites excluding steroid dienone is 1. The summed E-state index contributed by atoms with van der Waals surface area (Å²) in [6.45, 7) is 11.9. The lowest BCUT2D eigenvalue weighted by molar-refractivity contribution is 0.225. The van der Waals surface area contributed by atoms with Gasteiger partial charge >= 0.3 is 0 Å². The fraction of sp³-hybridized carbons (Fsp3) is 0.619. The molecular formula is C21H31N. The fourth-order valence-corrected chi connectivity index (χ4v) is 4.40. The molecule has 0 aliphatic heterocycles. The molecule has 1 atom stereocenters. The van der Waals surface area contributed by atoms with Crippen LogP contribution >= 0.6 is 0 Å². The number of benzene rings is 1. The SMILES string of the molecule is Cc1cccc(N[C@H]2CC3=C(CC2(C)C)C(C)(C)CCC3)c1. The Hall–Kier alpha value is -1.24.